The van der Waals surface area contributed by atoms with Crippen molar-refractivity contribution in [3.63, 3.8) is 0 Å². The average molecular weight is 845 g/mol. The summed E-state index contributed by atoms with van der Waals surface area (Å²) in [5.41, 5.74) is 14.8. The van der Waals surface area contributed by atoms with Gasteiger partial charge in [0.2, 0.25) is 5.91 Å². The summed E-state index contributed by atoms with van der Waals surface area (Å²) in [7, 11) is 1.65. The topological polar surface area (TPSA) is 232 Å². The maximum absolute atomic E-state index is 13.0. The first-order chi connectivity index (χ1) is 29.6. The van der Waals surface area contributed by atoms with Crippen LogP contribution < -0.4 is 21.5 Å². The first-order valence-electron chi connectivity index (χ1n) is 20.9. The number of hydrogen-bond acceptors (Lipinski definition) is 16. The number of carbonyl (C=O) groups excluding carboxylic acids is 1. The molecule has 0 radical (unpaired) electrons. The second kappa shape index (κ2) is 27.8. The van der Waals surface area contributed by atoms with E-state index in [9.17, 15) is 4.79 Å². The van der Waals surface area contributed by atoms with Gasteiger partial charge in [-0.1, -0.05) is 12.1 Å². The number of nitrogen functional groups attached to an aromatic ring is 1. The van der Waals surface area contributed by atoms with Crippen molar-refractivity contribution in [2.45, 2.75) is 31.6 Å². The third-order valence-corrected chi connectivity index (χ3v) is 9.83. The van der Waals surface area contributed by atoms with Crippen molar-refractivity contribution in [3.8, 4) is 17.1 Å². The van der Waals surface area contributed by atoms with E-state index in [0.717, 1.165) is 53.9 Å². The molecular formula is C41H64N8O11. The highest BCUT2D eigenvalue weighted by Gasteiger charge is 2.31. The van der Waals surface area contributed by atoms with Crippen LogP contribution in [0, 0.1) is 5.92 Å². The number of methoxy groups -OCH3 is 1. The molecule has 5 rings (SSSR count). The fraction of sp³-hybridized carbons (Fsp3) is 0.659. The van der Waals surface area contributed by atoms with Crippen molar-refractivity contribution in [1.82, 2.24) is 29.9 Å². The molecule has 0 saturated heterocycles. The van der Waals surface area contributed by atoms with E-state index in [-0.39, 0.29) is 17.7 Å². The van der Waals surface area contributed by atoms with E-state index in [1.54, 1.807) is 11.6 Å². The number of H-pyrrole nitrogens is 1. The quantitative estimate of drug-likeness (QED) is 0.0504. The molecule has 19 heteroatoms. The van der Waals surface area contributed by atoms with Crippen molar-refractivity contribution in [2.75, 3.05) is 145 Å². The Morgan fingerprint density at radius 2 is 1.27 bits per heavy atom. The van der Waals surface area contributed by atoms with Gasteiger partial charge in [0, 0.05) is 30.3 Å². The van der Waals surface area contributed by atoms with Crippen molar-refractivity contribution in [3.05, 3.63) is 36.4 Å². The number of amides is 1. The molecule has 3 aromatic heterocycles. The second-order valence-electron chi connectivity index (χ2n) is 14.0. The SMILES string of the molecule is COc1cccc2cc(-c3nc([C@H]4CC[C@H](C(=O)NCCOCCOCCOCCOCCOCCOCCOCCOCCOCCN)CC4)n4ncnc(N)c34)[nH]c12. The van der Waals surface area contributed by atoms with E-state index in [0.29, 0.717) is 149 Å². The van der Waals surface area contributed by atoms with Gasteiger partial charge in [0.25, 0.3) is 0 Å². The Morgan fingerprint density at radius 1 is 0.750 bits per heavy atom. The van der Waals surface area contributed by atoms with Gasteiger partial charge in [0.1, 0.15) is 29.1 Å². The molecule has 1 aromatic carbocycles. The summed E-state index contributed by atoms with van der Waals surface area (Å²) in [5, 5.41) is 8.56. The van der Waals surface area contributed by atoms with Crippen LogP contribution in [0.3, 0.4) is 0 Å². The van der Waals surface area contributed by atoms with Gasteiger partial charge in [-0.2, -0.15) is 5.10 Å². The van der Waals surface area contributed by atoms with E-state index in [2.05, 4.69) is 20.4 Å². The molecule has 60 heavy (non-hydrogen) atoms. The van der Waals surface area contributed by atoms with Gasteiger partial charge in [0.05, 0.1) is 137 Å². The Bertz CT molecular complexity index is 1790. The Balaban J connectivity index is 0.815. The lowest BCUT2D eigenvalue weighted by Gasteiger charge is -2.26. The molecule has 0 atom stereocenters. The lowest BCUT2D eigenvalue weighted by Crippen LogP contribution is -2.35. The van der Waals surface area contributed by atoms with Crippen LogP contribution in [-0.2, 0) is 47.4 Å². The van der Waals surface area contributed by atoms with E-state index >= 15 is 0 Å². The van der Waals surface area contributed by atoms with Crippen molar-refractivity contribution >= 4 is 28.1 Å². The third kappa shape index (κ3) is 15.5. The molecule has 3 heterocycles. The summed E-state index contributed by atoms with van der Waals surface area (Å²) < 4.78 is 56.6. The van der Waals surface area contributed by atoms with E-state index in [4.69, 9.17) is 63.8 Å². The molecule has 19 nitrogen and oxygen atoms in total. The molecule has 0 unspecified atom stereocenters. The first-order valence-corrected chi connectivity index (χ1v) is 20.9. The largest absolute Gasteiger partial charge is 0.495 e. The van der Waals surface area contributed by atoms with Crippen LogP contribution in [0.15, 0.2) is 30.6 Å². The maximum Gasteiger partial charge on any atom is 0.223 e. The number of fused-ring (bicyclic) bond motifs is 2. The Hall–Kier alpha value is -4.02. The minimum absolute atomic E-state index is 0.0527. The molecule has 1 saturated carbocycles. The molecule has 1 fully saturated rings. The number of rotatable bonds is 33. The fourth-order valence-electron chi connectivity index (χ4n) is 6.80. The minimum atomic E-state index is -0.0623. The lowest BCUT2D eigenvalue weighted by molar-refractivity contribution is -0.126. The van der Waals surface area contributed by atoms with Gasteiger partial charge in [-0.05, 0) is 37.8 Å². The predicted octanol–water partition coefficient (Wildman–Crippen LogP) is 2.36. The van der Waals surface area contributed by atoms with Crippen LogP contribution in [0.1, 0.15) is 37.4 Å². The molecule has 334 valence electrons. The zero-order valence-corrected chi connectivity index (χ0v) is 34.9. The van der Waals surface area contributed by atoms with Gasteiger partial charge in [0.15, 0.2) is 5.82 Å². The third-order valence-electron chi connectivity index (χ3n) is 9.83. The number of para-hydroxylation sites is 1. The summed E-state index contributed by atoms with van der Waals surface area (Å²) in [6, 6.07) is 7.92. The van der Waals surface area contributed by atoms with Crippen LogP contribution in [0.4, 0.5) is 5.82 Å². The molecule has 0 aliphatic heterocycles. The van der Waals surface area contributed by atoms with Crippen molar-refractivity contribution < 1.29 is 52.2 Å². The van der Waals surface area contributed by atoms with Crippen LogP contribution in [0.25, 0.3) is 27.8 Å². The van der Waals surface area contributed by atoms with Crippen LogP contribution >= 0.6 is 0 Å². The maximum atomic E-state index is 13.0. The number of nitrogens with zero attached hydrogens (tertiary/aromatic N) is 4. The normalized spacial score (nSPS) is 15.6. The van der Waals surface area contributed by atoms with E-state index < -0.39 is 0 Å². The molecule has 1 amide bonds. The highest BCUT2D eigenvalue weighted by molar-refractivity contribution is 5.93. The number of hydrogen-bond donors (Lipinski definition) is 4. The van der Waals surface area contributed by atoms with Crippen molar-refractivity contribution in [1.29, 1.82) is 0 Å². The summed E-state index contributed by atoms with van der Waals surface area (Å²) in [4.78, 5) is 25.7. The number of nitrogens with two attached hydrogens (primary N) is 2. The fourth-order valence-corrected chi connectivity index (χ4v) is 6.80. The molecular weight excluding hydrogens is 780 g/mol. The molecule has 1 aliphatic rings. The molecule has 4 aromatic rings. The van der Waals surface area contributed by atoms with Gasteiger partial charge in [-0.15, -0.1) is 0 Å². The first kappa shape index (κ1) is 47.0. The Kier molecular flexibility index (Phi) is 21.8. The summed E-state index contributed by atoms with van der Waals surface area (Å²) in [6.07, 6.45) is 4.57. The van der Waals surface area contributed by atoms with Gasteiger partial charge in [-0.3, -0.25) is 4.79 Å². The van der Waals surface area contributed by atoms with Crippen LogP contribution in [-0.4, -0.2) is 170 Å². The minimum Gasteiger partial charge on any atom is -0.495 e. The van der Waals surface area contributed by atoms with E-state index in [1.807, 2.05) is 24.3 Å². The number of aromatic amines is 1. The number of anilines is 1. The smallest absolute Gasteiger partial charge is 0.223 e. The van der Waals surface area contributed by atoms with Gasteiger partial charge in [-0.25, -0.2) is 14.5 Å². The Morgan fingerprint density at radius 3 is 1.78 bits per heavy atom. The van der Waals surface area contributed by atoms with Gasteiger partial charge < -0.3 is 69.1 Å². The number of imidazole rings is 1. The summed E-state index contributed by atoms with van der Waals surface area (Å²) >= 11 is 0. The zero-order chi connectivity index (χ0) is 42.0. The van der Waals surface area contributed by atoms with Crippen molar-refractivity contribution in [2.24, 2.45) is 11.7 Å². The summed E-state index contributed by atoms with van der Waals surface area (Å²) in [6.45, 7) is 9.80. The Labute approximate surface area is 351 Å². The zero-order valence-electron chi connectivity index (χ0n) is 34.9. The average Bonchev–Trinajstić information content (AvgIpc) is 3.89. The lowest BCUT2D eigenvalue weighted by atomic mass is 9.81. The standard InChI is InChI=1S/C41H64N8O11/c1-51-35-4-2-3-33-29-34(47-36(33)35)37-38-39(43)45-30-46-49(38)40(48-37)31-5-7-32(8-6-31)41(50)44-10-12-53-14-16-55-18-20-57-22-24-59-26-28-60-27-25-58-23-21-56-19-17-54-15-13-52-11-9-42/h2-4,29-32,47H,5-28,42H2,1H3,(H,44,50)(H2,43,45,46)/t31-,32-. The predicted molar refractivity (Wildman–Crippen MR) is 223 cm³/mol. The molecule has 0 bridgehead atoms. The number of aromatic nitrogens is 5. The molecule has 1 aliphatic carbocycles. The second-order valence-corrected chi connectivity index (χ2v) is 14.0. The monoisotopic (exact) mass is 844 g/mol. The highest BCUT2D eigenvalue weighted by atomic mass is 16.6. The number of ether oxygens (including phenoxy) is 10. The molecule has 0 spiro atoms. The van der Waals surface area contributed by atoms with Gasteiger partial charge >= 0.3 is 0 Å². The highest BCUT2D eigenvalue weighted by Crippen LogP contribution is 2.39. The molecule has 6 N–H and O–H groups in total. The van der Waals surface area contributed by atoms with E-state index in [1.165, 1.54) is 6.33 Å². The van der Waals surface area contributed by atoms with Crippen LogP contribution in [0.5, 0.6) is 5.75 Å². The number of benzene rings is 1. The summed E-state index contributed by atoms with van der Waals surface area (Å²) in [5.74, 6) is 2.04. The number of nitrogens with one attached hydrogen (secondary N) is 2. The number of carbonyl (C=O) groups is 1. The van der Waals surface area contributed by atoms with Crippen LogP contribution in [0.2, 0.25) is 0 Å².